The van der Waals surface area contributed by atoms with E-state index in [1.807, 2.05) is 0 Å². The molecular weight excluding hydrogens is 460 g/mol. The van der Waals surface area contributed by atoms with Gasteiger partial charge in [0.1, 0.15) is 24.2 Å². The van der Waals surface area contributed by atoms with Crippen molar-refractivity contribution in [2.75, 3.05) is 13.3 Å². The lowest BCUT2D eigenvalue weighted by molar-refractivity contribution is -0.176. The van der Waals surface area contributed by atoms with Crippen molar-refractivity contribution in [1.29, 1.82) is 0 Å². The van der Waals surface area contributed by atoms with E-state index in [4.69, 9.17) is 9.47 Å². The van der Waals surface area contributed by atoms with Crippen LogP contribution in [0, 0.1) is 0 Å². The molecule has 1 aromatic carbocycles. The van der Waals surface area contributed by atoms with Gasteiger partial charge < -0.3 is 24.9 Å². The Bertz CT molecular complexity index is 1070. The van der Waals surface area contributed by atoms with Gasteiger partial charge in [-0.15, -0.1) is 0 Å². The van der Waals surface area contributed by atoms with Gasteiger partial charge in [-0.25, -0.2) is 5.01 Å². The van der Waals surface area contributed by atoms with Crippen molar-refractivity contribution in [3.63, 3.8) is 0 Å². The predicted molar refractivity (Wildman–Crippen MR) is 118 cm³/mol. The Hall–Kier alpha value is -3.96. The summed E-state index contributed by atoms with van der Waals surface area (Å²) >= 11 is 0. The summed E-state index contributed by atoms with van der Waals surface area (Å²) in [5.74, 6) is -1.48. The van der Waals surface area contributed by atoms with Gasteiger partial charge in [-0.3, -0.25) is 29.0 Å². The van der Waals surface area contributed by atoms with E-state index in [-0.39, 0.29) is 56.3 Å². The zero-order valence-electron chi connectivity index (χ0n) is 19.2. The second-order valence-corrected chi connectivity index (χ2v) is 8.65. The molecule has 12 nitrogen and oxygen atoms in total. The maximum absolute atomic E-state index is 13.5. The monoisotopic (exact) mass is 486 g/mol. The third-order valence-electron chi connectivity index (χ3n) is 6.10. The number of hydrogen-bond donors (Lipinski definition) is 2. The molecule has 2 N–H and O–H groups in total. The standard InChI is InChI=1S/C23H26N4O8/c1-13(29)9-15(11-28)24-22(32)17-3-2-8-26-20(30)7-5-16(23(33)27(17)26)25-21(31)14-4-6-18-19(10-14)35-12-34-18/h4,6,10-11,15-17H,2-3,5,7-9,12H2,1H3,(H,24,32)(H,25,31)/t15-,16-,17-/m0/s1. The van der Waals surface area contributed by atoms with E-state index in [1.54, 1.807) is 6.07 Å². The molecule has 0 aromatic heterocycles. The zero-order chi connectivity index (χ0) is 25.1. The van der Waals surface area contributed by atoms with Crippen LogP contribution in [0.4, 0.5) is 0 Å². The van der Waals surface area contributed by atoms with E-state index in [0.717, 1.165) is 5.01 Å². The number of rotatable bonds is 7. The van der Waals surface area contributed by atoms with Crippen LogP contribution in [0.3, 0.4) is 0 Å². The van der Waals surface area contributed by atoms with Gasteiger partial charge in [-0.2, -0.15) is 0 Å². The Morgan fingerprint density at radius 3 is 2.69 bits per heavy atom. The fourth-order valence-electron chi connectivity index (χ4n) is 4.41. The van der Waals surface area contributed by atoms with Gasteiger partial charge in [0.15, 0.2) is 11.5 Å². The molecule has 0 bridgehead atoms. The van der Waals surface area contributed by atoms with Gasteiger partial charge in [0.05, 0.1) is 6.04 Å². The number of nitrogens with one attached hydrogen (secondary N) is 2. The van der Waals surface area contributed by atoms with E-state index in [2.05, 4.69) is 10.6 Å². The van der Waals surface area contributed by atoms with Gasteiger partial charge in [0.2, 0.25) is 18.6 Å². The fourth-order valence-corrected chi connectivity index (χ4v) is 4.41. The molecule has 3 aliphatic rings. The number of hydrogen-bond acceptors (Lipinski definition) is 8. The minimum atomic E-state index is -1.06. The summed E-state index contributed by atoms with van der Waals surface area (Å²) in [4.78, 5) is 74.9. The number of amides is 4. The van der Waals surface area contributed by atoms with Gasteiger partial charge in [0, 0.05) is 24.9 Å². The van der Waals surface area contributed by atoms with Crippen molar-refractivity contribution in [3.8, 4) is 11.5 Å². The van der Waals surface area contributed by atoms with Crippen LogP contribution in [0.1, 0.15) is 49.4 Å². The lowest BCUT2D eigenvalue weighted by Crippen LogP contribution is -2.64. The lowest BCUT2D eigenvalue weighted by atomic mass is 10.0. The number of fused-ring (bicyclic) bond motifs is 2. The molecule has 3 heterocycles. The Balaban J connectivity index is 1.52. The molecule has 4 rings (SSSR count). The van der Waals surface area contributed by atoms with Gasteiger partial charge in [0.25, 0.3) is 11.8 Å². The lowest BCUT2D eigenvalue weighted by Gasteiger charge is -2.43. The summed E-state index contributed by atoms with van der Waals surface area (Å²) in [6, 6.07) is 1.49. The molecule has 3 atom stereocenters. The van der Waals surface area contributed by atoms with Crippen molar-refractivity contribution in [2.45, 2.75) is 57.2 Å². The Morgan fingerprint density at radius 1 is 1.17 bits per heavy atom. The van der Waals surface area contributed by atoms with E-state index >= 15 is 0 Å². The average molecular weight is 486 g/mol. The topological polar surface area (TPSA) is 151 Å². The summed E-state index contributed by atoms with van der Waals surface area (Å²) in [5, 5.41) is 7.49. The van der Waals surface area contributed by atoms with E-state index in [1.165, 1.54) is 24.1 Å². The van der Waals surface area contributed by atoms with Crippen molar-refractivity contribution in [3.05, 3.63) is 23.8 Å². The molecule has 2 saturated heterocycles. The smallest absolute Gasteiger partial charge is 0.264 e. The molecule has 186 valence electrons. The van der Waals surface area contributed by atoms with Crippen LogP contribution in [0.5, 0.6) is 11.5 Å². The minimum Gasteiger partial charge on any atom is -0.454 e. The molecule has 2 fully saturated rings. The zero-order valence-corrected chi connectivity index (χ0v) is 19.2. The highest BCUT2D eigenvalue weighted by molar-refractivity contribution is 6.00. The third kappa shape index (κ3) is 5.10. The first-order chi connectivity index (χ1) is 16.8. The number of nitrogens with zero attached hydrogens (tertiary/aromatic N) is 2. The van der Waals surface area contributed by atoms with Crippen LogP contribution in [0.2, 0.25) is 0 Å². The van der Waals surface area contributed by atoms with Crippen molar-refractivity contribution in [1.82, 2.24) is 20.7 Å². The number of benzene rings is 1. The maximum Gasteiger partial charge on any atom is 0.264 e. The SMILES string of the molecule is CC(=O)C[C@@H](C=O)NC(=O)[C@@H]1CCCN2C(=O)CC[C@H](NC(=O)c3ccc4c(c3)OCO4)C(=O)N12. The molecular formula is C23H26N4O8. The number of carbonyl (C=O) groups is 6. The van der Waals surface area contributed by atoms with Crippen LogP contribution in [0.25, 0.3) is 0 Å². The number of carbonyl (C=O) groups excluding carboxylic acids is 6. The van der Waals surface area contributed by atoms with Crippen LogP contribution >= 0.6 is 0 Å². The van der Waals surface area contributed by atoms with E-state index in [0.29, 0.717) is 24.2 Å². The largest absolute Gasteiger partial charge is 0.454 e. The molecule has 12 heteroatoms. The summed E-state index contributed by atoms with van der Waals surface area (Å²) in [6.07, 6.45) is 1.09. The molecule has 0 aliphatic carbocycles. The van der Waals surface area contributed by atoms with Crippen molar-refractivity contribution in [2.24, 2.45) is 0 Å². The van der Waals surface area contributed by atoms with Crippen LogP contribution in [-0.4, -0.2) is 77.2 Å². The minimum absolute atomic E-state index is 0.00393. The van der Waals surface area contributed by atoms with Gasteiger partial charge in [-0.05, 0) is 44.4 Å². The molecule has 4 amide bonds. The summed E-state index contributed by atoms with van der Waals surface area (Å²) in [5.41, 5.74) is 0.250. The molecule has 3 aliphatic heterocycles. The number of ether oxygens (including phenoxy) is 2. The maximum atomic E-state index is 13.5. The highest BCUT2D eigenvalue weighted by atomic mass is 16.7. The Labute approximate surface area is 200 Å². The second-order valence-electron chi connectivity index (χ2n) is 8.65. The first-order valence-corrected chi connectivity index (χ1v) is 11.4. The molecule has 1 aromatic rings. The number of Topliss-reactive ketones (excluding diaryl/α,β-unsaturated/α-hetero) is 1. The summed E-state index contributed by atoms with van der Waals surface area (Å²) < 4.78 is 10.5. The summed E-state index contributed by atoms with van der Waals surface area (Å²) in [7, 11) is 0. The molecule has 0 unspecified atom stereocenters. The van der Waals surface area contributed by atoms with Crippen LogP contribution < -0.4 is 20.1 Å². The predicted octanol–water partition coefficient (Wildman–Crippen LogP) is -0.295. The molecule has 0 saturated carbocycles. The highest BCUT2D eigenvalue weighted by Gasteiger charge is 2.45. The van der Waals surface area contributed by atoms with E-state index < -0.39 is 35.8 Å². The first-order valence-electron chi connectivity index (χ1n) is 11.4. The average Bonchev–Trinajstić information content (AvgIpc) is 3.28. The van der Waals surface area contributed by atoms with E-state index in [9.17, 15) is 28.8 Å². The second kappa shape index (κ2) is 10.1. The van der Waals surface area contributed by atoms with Crippen molar-refractivity contribution >= 4 is 35.7 Å². The number of ketones is 1. The molecule has 0 spiro atoms. The molecule has 35 heavy (non-hydrogen) atoms. The number of hydrazine groups is 1. The summed E-state index contributed by atoms with van der Waals surface area (Å²) in [6.45, 7) is 1.60. The normalized spacial score (nSPS) is 22.1. The van der Waals surface area contributed by atoms with Crippen LogP contribution in [-0.2, 0) is 24.0 Å². The fraction of sp³-hybridized carbons (Fsp3) is 0.478. The number of aldehydes is 1. The quantitative estimate of drug-likeness (QED) is 0.499. The Kier molecular flexibility index (Phi) is 6.99. The van der Waals surface area contributed by atoms with Gasteiger partial charge >= 0.3 is 0 Å². The third-order valence-corrected chi connectivity index (χ3v) is 6.10. The van der Waals surface area contributed by atoms with Gasteiger partial charge in [-0.1, -0.05) is 0 Å². The first kappa shape index (κ1) is 24.2. The highest BCUT2D eigenvalue weighted by Crippen LogP contribution is 2.32. The molecule has 0 radical (unpaired) electrons. The van der Waals surface area contributed by atoms with Crippen LogP contribution in [0.15, 0.2) is 18.2 Å². The Morgan fingerprint density at radius 2 is 1.94 bits per heavy atom. The van der Waals surface area contributed by atoms with Crippen molar-refractivity contribution < 1.29 is 38.2 Å².